The van der Waals surface area contributed by atoms with E-state index in [9.17, 15) is 4.79 Å². The van der Waals surface area contributed by atoms with E-state index < -0.39 is 0 Å². The summed E-state index contributed by atoms with van der Waals surface area (Å²) in [5.41, 5.74) is 7.15. The second-order valence-corrected chi connectivity index (χ2v) is 3.79. The van der Waals surface area contributed by atoms with E-state index in [1.807, 2.05) is 37.3 Å². The molecule has 0 aliphatic carbocycles. The summed E-state index contributed by atoms with van der Waals surface area (Å²) in [5, 5.41) is 0. The van der Waals surface area contributed by atoms with Gasteiger partial charge in [-0.1, -0.05) is 30.3 Å². The Morgan fingerprint density at radius 1 is 1.38 bits per heavy atom. The Labute approximate surface area is 96.6 Å². The van der Waals surface area contributed by atoms with Gasteiger partial charge in [0, 0.05) is 12.5 Å². The summed E-state index contributed by atoms with van der Waals surface area (Å²) in [6.45, 7) is 2.24. The maximum Gasteiger partial charge on any atom is 0.305 e. The van der Waals surface area contributed by atoms with Gasteiger partial charge in [-0.2, -0.15) is 0 Å². The van der Waals surface area contributed by atoms with Crippen molar-refractivity contribution in [3.05, 3.63) is 35.9 Å². The van der Waals surface area contributed by atoms with Crippen molar-refractivity contribution in [1.29, 1.82) is 0 Å². The molecule has 3 heteroatoms. The second-order valence-electron chi connectivity index (χ2n) is 3.79. The highest BCUT2D eigenvalue weighted by atomic mass is 16.5. The Morgan fingerprint density at radius 3 is 2.69 bits per heavy atom. The molecule has 0 amide bonds. The van der Waals surface area contributed by atoms with E-state index in [2.05, 4.69) is 0 Å². The smallest absolute Gasteiger partial charge is 0.305 e. The Morgan fingerprint density at radius 2 is 2.06 bits per heavy atom. The van der Waals surface area contributed by atoms with Crippen molar-refractivity contribution in [3.8, 4) is 0 Å². The predicted octanol–water partition coefficient (Wildman–Crippen LogP) is 1.90. The third kappa shape index (κ3) is 4.94. The van der Waals surface area contributed by atoms with Gasteiger partial charge in [0.05, 0.1) is 6.61 Å². The molecule has 0 saturated carbocycles. The van der Waals surface area contributed by atoms with Crippen molar-refractivity contribution in [2.75, 3.05) is 6.61 Å². The summed E-state index contributed by atoms with van der Waals surface area (Å²) in [5.74, 6) is -0.161. The Bertz CT molecular complexity index is 311. The Hall–Kier alpha value is -1.35. The maximum absolute atomic E-state index is 11.1. The molecule has 0 aliphatic rings. The van der Waals surface area contributed by atoms with Crippen LogP contribution in [0.15, 0.2) is 30.3 Å². The van der Waals surface area contributed by atoms with E-state index in [0.29, 0.717) is 19.4 Å². The largest absolute Gasteiger partial charge is 0.466 e. The van der Waals surface area contributed by atoms with Gasteiger partial charge in [-0.25, -0.2) is 0 Å². The lowest BCUT2D eigenvalue weighted by Gasteiger charge is -2.10. The molecule has 0 saturated heterocycles. The minimum atomic E-state index is -0.161. The van der Waals surface area contributed by atoms with E-state index in [-0.39, 0.29) is 12.0 Å². The lowest BCUT2D eigenvalue weighted by atomic mass is 10.0. The zero-order valence-electron chi connectivity index (χ0n) is 9.69. The fraction of sp³-hybridized carbons (Fsp3) is 0.462. The standard InChI is InChI=1S/C13H19NO2/c1-2-16-13(15)9-8-12(14)10-11-6-4-3-5-7-11/h3-7,12H,2,8-10,14H2,1H3. The zero-order valence-corrected chi connectivity index (χ0v) is 9.69. The maximum atomic E-state index is 11.1. The first kappa shape index (κ1) is 12.7. The fourth-order valence-corrected chi connectivity index (χ4v) is 1.56. The highest BCUT2D eigenvalue weighted by Crippen LogP contribution is 2.06. The third-order valence-electron chi connectivity index (χ3n) is 2.37. The predicted molar refractivity (Wildman–Crippen MR) is 64.0 cm³/mol. The third-order valence-corrected chi connectivity index (χ3v) is 2.37. The number of benzene rings is 1. The normalized spacial score (nSPS) is 12.1. The van der Waals surface area contributed by atoms with Crippen LogP contribution in [0.5, 0.6) is 0 Å². The molecule has 0 radical (unpaired) electrons. The summed E-state index contributed by atoms with van der Waals surface area (Å²) < 4.78 is 4.85. The van der Waals surface area contributed by atoms with Crippen LogP contribution in [-0.2, 0) is 16.0 Å². The van der Waals surface area contributed by atoms with Gasteiger partial charge in [0.2, 0.25) is 0 Å². The highest BCUT2D eigenvalue weighted by molar-refractivity contribution is 5.69. The number of carbonyl (C=O) groups is 1. The van der Waals surface area contributed by atoms with Crippen LogP contribution >= 0.6 is 0 Å². The fourth-order valence-electron chi connectivity index (χ4n) is 1.56. The molecule has 1 aromatic carbocycles. The van der Waals surface area contributed by atoms with Gasteiger partial charge in [0.1, 0.15) is 0 Å². The van der Waals surface area contributed by atoms with E-state index in [1.165, 1.54) is 5.56 Å². The van der Waals surface area contributed by atoms with Gasteiger partial charge in [0.15, 0.2) is 0 Å². The van der Waals surface area contributed by atoms with Gasteiger partial charge < -0.3 is 10.5 Å². The van der Waals surface area contributed by atoms with E-state index in [4.69, 9.17) is 10.5 Å². The molecule has 1 unspecified atom stereocenters. The lowest BCUT2D eigenvalue weighted by molar-refractivity contribution is -0.143. The van der Waals surface area contributed by atoms with Crippen molar-refractivity contribution < 1.29 is 9.53 Å². The summed E-state index contributed by atoms with van der Waals surface area (Å²) in [6.07, 6.45) is 1.88. The van der Waals surface area contributed by atoms with E-state index >= 15 is 0 Å². The zero-order chi connectivity index (χ0) is 11.8. The molecule has 3 nitrogen and oxygen atoms in total. The number of rotatable bonds is 6. The Balaban J connectivity index is 2.26. The van der Waals surface area contributed by atoms with Crippen LogP contribution in [0.4, 0.5) is 0 Å². The van der Waals surface area contributed by atoms with Crippen molar-refractivity contribution >= 4 is 5.97 Å². The molecule has 0 aromatic heterocycles. The molecule has 16 heavy (non-hydrogen) atoms. The molecule has 0 fully saturated rings. The molecule has 1 atom stereocenters. The van der Waals surface area contributed by atoms with Crippen LogP contribution in [0.1, 0.15) is 25.3 Å². The molecule has 88 valence electrons. The lowest BCUT2D eigenvalue weighted by Crippen LogP contribution is -2.24. The van der Waals surface area contributed by atoms with Gasteiger partial charge in [-0.3, -0.25) is 4.79 Å². The topological polar surface area (TPSA) is 52.3 Å². The summed E-state index contributed by atoms with van der Waals surface area (Å²) in [7, 11) is 0. The van der Waals surface area contributed by atoms with Crippen LogP contribution in [0.2, 0.25) is 0 Å². The number of hydrogen-bond donors (Lipinski definition) is 1. The molecule has 0 heterocycles. The molecule has 1 aromatic rings. The number of nitrogens with two attached hydrogens (primary N) is 1. The number of carbonyl (C=O) groups excluding carboxylic acids is 1. The van der Waals surface area contributed by atoms with Gasteiger partial charge >= 0.3 is 5.97 Å². The van der Waals surface area contributed by atoms with Crippen LogP contribution < -0.4 is 5.73 Å². The van der Waals surface area contributed by atoms with Crippen molar-refractivity contribution in [2.24, 2.45) is 5.73 Å². The minimum absolute atomic E-state index is 0.0202. The molecule has 0 aliphatic heterocycles. The van der Waals surface area contributed by atoms with Crippen molar-refractivity contribution in [3.63, 3.8) is 0 Å². The molecule has 0 bridgehead atoms. The monoisotopic (exact) mass is 221 g/mol. The number of ether oxygens (including phenoxy) is 1. The molecule has 1 rings (SSSR count). The molecular formula is C13H19NO2. The molecule has 2 N–H and O–H groups in total. The van der Waals surface area contributed by atoms with E-state index in [0.717, 1.165) is 6.42 Å². The van der Waals surface area contributed by atoms with Gasteiger partial charge in [-0.15, -0.1) is 0 Å². The Kier molecular flexibility index (Phi) is 5.57. The molecular weight excluding hydrogens is 202 g/mol. The number of hydrogen-bond acceptors (Lipinski definition) is 3. The quantitative estimate of drug-likeness (QED) is 0.746. The summed E-state index contributed by atoms with van der Waals surface area (Å²) in [4.78, 5) is 11.1. The minimum Gasteiger partial charge on any atom is -0.466 e. The first-order valence-electron chi connectivity index (χ1n) is 5.67. The van der Waals surface area contributed by atoms with Crippen LogP contribution in [0, 0.1) is 0 Å². The first-order chi connectivity index (χ1) is 7.72. The summed E-state index contributed by atoms with van der Waals surface area (Å²) in [6, 6.07) is 10.1. The van der Waals surface area contributed by atoms with Gasteiger partial charge in [-0.05, 0) is 25.3 Å². The van der Waals surface area contributed by atoms with Crippen molar-refractivity contribution in [2.45, 2.75) is 32.2 Å². The van der Waals surface area contributed by atoms with Gasteiger partial charge in [0.25, 0.3) is 0 Å². The van der Waals surface area contributed by atoms with Crippen molar-refractivity contribution in [1.82, 2.24) is 0 Å². The average Bonchev–Trinajstić information content (AvgIpc) is 2.28. The van der Waals surface area contributed by atoms with Crippen LogP contribution in [0.3, 0.4) is 0 Å². The van der Waals surface area contributed by atoms with E-state index in [1.54, 1.807) is 0 Å². The highest BCUT2D eigenvalue weighted by Gasteiger charge is 2.08. The van der Waals surface area contributed by atoms with Crippen LogP contribution in [0.25, 0.3) is 0 Å². The second kappa shape index (κ2) is 7.01. The first-order valence-corrected chi connectivity index (χ1v) is 5.67. The molecule has 0 spiro atoms. The SMILES string of the molecule is CCOC(=O)CCC(N)Cc1ccccc1. The van der Waals surface area contributed by atoms with Crippen LogP contribution in [-0.4, -0.2) is 18.6 Å². The number of esters is 1. The average molecular weight is 221 g/mol. The summed E-state index contributed by atoms with van der Waals surface area (Å²) >= 11 is 0.